The van der Waals surface area contributed by atoms with E-state index in [1.807, 2.05) is 12.1 Å². The van der Waals surface area contributed by atoms with Gasteiger partial charge in [0.1, 0.15) is 5.82 Å². The fraction of sp³-hybridized carbons (Fsp3) is 0.462. The van der Waals surface area contributed by atoms with E-state index < -0.39 is 0 Å². The van der Waals surface area contributed by atoms with Crippen molar-refractivity contribution in [3.05, 3.63) is 35.6 Å². The molecule has 2 atom stereocenters. The summed E-state index contributed by atoms with van der Waals surface area (Å²) in [7, 11) is 1.62. The highest BCUT2D eigenvalue weighted by Crippen LogP contribution is 2.29. The molecule has 0 spiro atoms. The van der Waals surface area contributed by atoms with Crippen molar-refractivity contribution in [3.8, 4) is 0 Å². The summed E-state index contributed by atoms with van der Waals surface area (Å²) < 4.78 is 13.7. The molecule has 0 saturated carbocycles. The lowest BCUT2D eigenvalue weighted by Crippen LogP contribution is -2.47. The van der Waals surface area contributed by atoms with E-state index in [2.05, 4.69) is 10.6 Å². The van der Waals surface area contributed by atoms with Crippen LogP contribution in [-0.2, 0) is 4.79 Å². The van der Waals surface area contributed by atoms with Gasteiger partial charge >= 0.3 is 0 Å². The molecule has 1 amide bonds. The molecule has 2 N–H and O–H groups in total. The van der Waals surface area contributed by atoms with Crippen molar-refractivity contribution < 1.29 is 9.18 Å². The Morgan fingerprint density at radius 1 is 1.47 bits per heavy atom. The lowest BCUT2D eigenvalue weighted by Gasteiger charge is -2.29. The average Bonchev–Trinajstić information content (AvgIpc) is 2.38. The quantitative estimate of drug-likeness (QED) is 0.815. The fourth-order valence-corrected chi connectivity index (χ4v) is 2.38. The molecule has 0 radical (unpaired) electrons. The van der Waals surface area contributed by atoms with E-state index in [1.54, 1.807) is 13.1 Å². The Morgan fingerprint density at radius 2 is 2.24 bits per heavy atom. The number of carbonyl (C=O) groups is 1. The minimum atomic E-state index is -0.210. The van der Waals surface area contributed by atoms with Crippen LogP contribution in [0.2, 0.25) is 0 Å². The van der Waals surface area contributed by atoms with Gasteiger partial charge in [-0.3, -0.25) is 4.79 Å². The topological polar surface area (TPSA) is 41.1 Å². The zero-order chi connectivity index (χ0) is 12.3. The zero-order valence-corrected chi connectivity index (χ0v) is 9.87. The van der Waals surface area contributed by atoms with E-state index in [0.29, 0.717) is 6.42 Å². The number of rotatable bonds is 2. The van der Waals surface area contributed by atoms with Crippen LogP contribution in [0.25, 0.3) is 0 Å². The number of benzene rings is 1. The van der Waals surface area contributed by atoms with Crippen LogP contribution in [0.3, 0.4) is 0 Å². The Bertz CT molecular complexity index is 408. The highest BCUT2D eigenvalue weighted by molar-refractivity contribution is 5.81. The van der Waals surface area contributed by atoms with Crippen LogP contribution in [-0.4, -0.2) is 25.5 Å². The van der Waals surface area contributed by atoms with Gasteiger partial charge in [0.05, 0.1) is 6.04 Å². The lowest BCUT2D eigenvalue weighted by molar-refractivity contribution is -0.123. The van der Waals surface area contributed by atoms with Crippen molar-refractivity contribution in [1.29, 1.82) is 0 Å². The minimum Gasteiger partial charge on any atom is -0.358 e. The Balaban J connectivity index is 2.12. The molecule has 1 fully saturated rings. The van der Waals surface area contributed by atoms with Crippen molar-refractivity contribution in [2.24, 2.45) is 0 Å². The van der Waals surface area contributed by atoms with E-state index in [9.17, 15) is 9.18 Å². The van der Waals surface area contributed by atoms with Gasteiger partial charge in [-0.25, -0.2) is 4.39 Å². The molecule has 1 aliphatic heterocycles. The SMILES string of the molecule is CNC(=O)C1CC(c2ccccc2F)CCN1. The maximum atomic E-state index is 13.7. The maximum absolute atomic E-state index is 13.7. The summed E-state index contributed by atoms with van der Waals surface area (Å²) in [5.41, 5.74) is 0.725. The van der Waals surface area contributed by atoms with Gasteiger partial charge in [0.25, 0.3) is 0 Å². The van der Waals surface area contributed by atoms with Crippen LogP contribution in [0.1, 0.15) is 24.3 Å². The van der Waals surface area contributed by atoms with Gasteiger partial charge in [-0.15, -0.1) is 0 Å². The lowest BCUT2D eigenvalue weighted by atomic mass is 9.86. The maximum Gasteiger partial charge on any atom is 0.236 e. The summed E-state index contributed by atoms with van der Waals surface area (Å²) in [6.07, 6.45) is 1.52. The molecule has 1 aromatic carbocycles. The van der Waals surface area contributed by atoms with Crippen molar-refractivity contribution in [3.63, 3.8) is 0 Å². The normalized spacial score (nSPS) is 24.4. The van der Waals surface area contributed by atoms with Gasteiger partial charge in [-0.2, -0.15) is 0 Å². The van der Waals surface area contributed by atoms with Crippen LogP contribution in [0.15, 0.2) is 24.3 Å². The molecule has 0 bridgehead atoms. The number of nitrogens with one attached hydrogen (secondary N) is 2. The zero-order valence-electron chi connectivity index (χ0n) is 9.87. The summed E-state index contributed by atoms with van der Waals surface area (Å²) in [5, 5.41) is 5.78. The molecule has 0 aliphatic carbocycles. The molecule has 1 saturated heterocycles. The van der Waals surface area contributed by atoms with Gasteiger partial charge in [-0.1, -0.05) is 18.2 Å². The Labute approximate surface area is 100 Å². The number of hydrogen-bond acceptors (Lipinski definition) is 2. The van der Waals surface area contributed by atoms with Gasteiger partial charge in [0, 0.05) is 7.05 Å². The molecule has 2 rings (SSSR count). The Kier molecular flexibility index (Phi) is 3.74. The van der Waals surface area contributed by atoms with Crippen LogP contribution in [0, 0.1) is 5.82 Å². The third-order valence-corrected chi connectivity index (χ3v) is 3.31. The number of hydrogen-bond donors (Lipinski definition) is 2. The van der Waals surface area contributed by atoms with Crippen molar-refractivity contribution >= 4 is 5.91 Å². The molecular weight excluding hydrogens is 219 g/mol. The van der Waals surface area contributed by atoms with E-state index in [1.165, 1.54) is 6.07 Å². The molecule has 1 aliphatic rings. The summed E-state index contributed by atoms with van der Waals surface area (Å²) in [4.78, 5) is 11.6. The summed E-state index contributed by atoms with van der Waals surface area (Å²) in [6, 6.07) is 6.61. The third kappa shape index (κ3) is 2.64. The molecule has 0 aromatic heterocycles. The molecule has 4 heteroatoms. The monoisotopic (exact) mass is 236 g/mol. The smallest absolute Gasteiger partial charge is 0.236 e. The first-order valence-electron chi connectivity index (χ1n) is 5.91. The minimum absolute atomic E-state index is 0.0222. The Hall–Kier alpha value is -1.42. The van der Waals surface area contributed by atoms with E-state index in [0.717, 1.165) is 18.5 Å². The van der Waals surface area contributed by atoms with Crippen LogP contribution >= 0.6 is 0 Å². The molecule has 1 aromatic rings. The summed E-state index contributed by atoms with van der Waals surface area (Å²) in [6.45, 7) is 0.747. The standard InChI is InChI=1S/C13H17FN2O/c1-15-13(17)12-8-9(6-7-16-12)10-4-2-3-5-11(10)14/h2-5,9,12,16H,6-8H2,1H3,(H,15,17). The van der Waals surface area contributed by atoms with Crippen molar-refractivity contribution in [2.45, 2.75) is 24.8 Å². The first-order chi connectivity index (χ1) is 8.22. The molecular formula is C13H17FN2O. The first-order valence-corrected chi connectivity index (χ1v) is 5.91. The molecule has 2 unspecified atom stereocenters. The molecule has 92 valence electrons. The van der Waals surface area contributed by atoms with Gasteiger partial charge in [0.15, 0.2) is 0 Å². The first kappa shape index (κ1) is 12.0. The van der Waals surface area contributed by atoms with E-state index in [4.69, 9.17) is 0 Å². The van der Waals surface area contributed by atoms with E-state index >= 15 is 0 Å². The number of likely N-dealkylation sites (N-methyl/N-ethyl adjacent to an activating group) is 1. The second-order valence-electron chi connectivity index (χ2n) is 4.36. The third-order valence-electron chi connectivity index (χ3n) is 3.31. The van der Waals surface area contributed by atoms with Crippen molar-refractivity contribution in [1.82, 2.24) is 10.6 Å². The second kappa shape index (κ2) is 5.27. The number of carbonyl (C=O) groups excluding carboxylic acids is 1. The average molecular weight is 236 g/mol. The van der Waals surface area contributed by atoms with Crippen LogP contribution in [0.4, 0.5) is 4.39 Å². The molecule has 3 nitrogen and oxygen atoms in total. The predicted octanol–water partition coefficient (Wildman–Crippen LogP) is 1.41. The van der Waals surface area contributed by atoms with Crippen LogP contribution < -0.4 is 10.6 Å². The second-order valence-corrected chi connectivity index (χ2v) is 4.36. The van der Waals surface area contributed by atoms with Gasteiger partial charge in [0.2, 0.25) is 5.91 Å². The van der Waals surface area contributed by atoms with E-state index in [-0.39, 0.29) is 23.7 Å². The number of amides is 1. The molecule has 17 heavy (non-hydrogen) atoms. The van der Waals surface area contributed by atoms with Gasteiger partial charge in [-0.05, 0) is 36.9 Å². The highest BCUT2D eigenvalue weighted by atomic mass is 19.1. The highest BCUT2D eigenvalue weighted by Gasteiger charge is 2.28. The van der Waals surface area contributed by atoms with Crippen LogP contribution in [0.5, 0.6) is 0 Å². The van der Waals surface area contributed by atoms with Crippen molar-refractivity contribution in [2.75, 3.05) is 13.6 Å². The Morgan fingerprint density at radius 3 is 2.94 bits per heavy atom. The number of piperidine rings is 1. The summed E-state index contributed by atoms with van der Waals surface area (Å²) in [5.74, 6) is -0.0687. The predicted molar refractivity (Wildman–Crippen MR) is 64.2 cm³/mol. The number of halogens is 1. The fourth-order valence-electron chi connectivity index (χ4n) is 2.38. The van der Waals surface area contributed by atoms with Gasteiger partial charge < -0.3 is 10.6 Å². The molecule has 1 heterocycles. The summed E-state index contributed by atoms with van der Waals surface area (Å²) >= 11 is 0. The largest absolute Gasteiger partial charge is 0.358 e.